The van der Waals surface area contributed by atoms with Gasteiger partial charge in [-0.2, -0.15) is 0 Å². The van der Waals surface area contributed by atoms with E-state index in [2.05, 4.69) is 22.2 Å². The second kappa shape index (κ2) is 7.70. The van der Waals surface area contributed by atoms with Crippen molar-refractivity contribution < 1.29 is 0 Å². The van der Waals surface area contributed by atoms with E-state index in [1.54, 1.807) is 18.0 Å². The summed E-state index contributed by atoms with van der Waals surface area (Å²) in [6, 6.07) is 1.98. The lowest BCUT2D eigenvalue weighted by Gasteiger charge is -2.30. The number of H-pyrrole nitrogens is 1. The quantitative estimate of drug-likeness (QED) is 0.621. The van der Waals surface area contributed by atoms with Crippen LogP contribution in [0, 0.1) is 5.92 Å². The van der Waals surface area contributed by atoms with Crippen molar-refractivity contribution in [3.63, 3.8) is 0 Å². The predicted octanol–water partition coefficient (Wildman–Crippen LogP) is 2.42. The van der Waals surface area contributed by atoms with Crippen LogP contribution in [0.5, 0.6) is 0 Å². The third kappa shape index (κ3) is 4.66. The Hall–Kier alpha value is -0.810. The molecule has 2 N–H and O–H groups in total. The molecule has 2 rings (SSSR count). The van der Waals surface area contributed by atoms with Gasteiger partial charge in [0.25, 0.3) is 5.56 Å². The van der Waals surface area contributed by atoms with Gasteiger partial charge in [0, 0.05) is 24.1 Å². The SMILES string of the molecule is CCNC(CSc1nccc(=O)[nH]1)C1CCCCC1. The summed E-state index contributed by atoms with van der Waals surface area (Å²) in [6.07, 6.45) is 8.34. The first kappa shape index (κ1) is 14.6. The molecule has 0 bridgehead atoms. The second-order valence-corrected chi connectivity index (χ2v) is 6.12. The maximum absolute atomic E-state index is 11.2. The molecule has 1 unspecified atom stereocenters. The summed E-state index contributed by atoms with van der Waals surface area (Å²) in [4.78, 5) is 18.2. The lowest BCUT2D eigenvalue weighted by Crippen LogP contribution is -2.39. The minimum atomic E-state index is -0.0739. The number of nitrogens with zero attached hydrogens (tertiary/aromatic N) is 1. The average Bonchev–Trinajstić information content (AvgIpc) is 2.44. The molecule has 1 aromatic heterocycles. The van der Waals surface area contributed by atoms with Crippen molar-refractivity contribution in [2.24, 2.45) is 5.92 Å². The molecule has 1 atom stereocenters. The molecule has 0 radical (unpaired) electrons. The molecule has 1 heterocycles. The van der Waals surface area contributed by atoms with Crippen LogP contribution >= 0.6 is 11.8 Å². The Kier molecular flexibility index (Phi) is 5.92. The van der Waals surface area contributed by atoms with Crippen LogP contribution in [-0.4, -0.2) is 28.3 Å². The van der Waals surface area contributed by atoms with Crippen LogP contribution in [0.3, 0.4) is 0 Å². The highest BCUT2D eigenvalue weighted by molar-refractivity contribution is 7.99. The minimum Gasteiger partial charge on any atom is -0.313 e. The van der Waals surface area contributed by atoms with Crippen LogP contribution in [0.1, 0.15) is 39.0 Å². The molecule has 106 valence electrons. The lowest BCUT2D eigenvalue weighted by molar-refractivity contribution is 0.288. The number of aromatic amines is 1. The molecule has 1 aliphatic carbocycles. The molecular formula is C14H23N3OS. The van der Waals surface area contributed by atoms with E-state index in [-0.39, 0.29) is 5.56 Å². The van der Waals surface area contributed by atoms with Crippen molar-refractivity contribution in [1.82, 2.24) is 15.3 Å². The Morgan fingerprint density at radius 2 is 2.26 bits per heavy atom. The summed E-state index contributed by atoms with van der Waals surface area (Å²) in [5.74, 6) is 1.75. The van der Waals surface area contributed by atoms with Gasteiger partial charge >= 0.3 is 0 Å². The van der Waals surface area contributed by atoms with Gasteiger partial charge in [0.15, 0.2) is 5.16 Å². The van der Waals surface area contributed by atoms with Gasteiger partial charge in [0.1, 0.15) is 0 Å². The lowest BCUT2D eigenvalue weighted by atomic mass is 9.84. The van der Waals surface area contributed by atoms with Gasteiger partial charge in [-0.25, -0.2) is 4.98 Å². The first-order valence-electron chi connectivity index (χ1n) is 7.21. The highest BCUT2D eigenvalue weighted by atomic mass is 32.2. The molecule has 0 aromatic carbocycles. The van der Waals surface area contributed by atoms with Gasteiger partial charge in [0.05, 0.1) is 0 Å². The van der Waals surface area contributed by atoms with E-state index in [1.807, 2.05) is 0 Å². The molecule has 1 fully saturated rings. The van der Waals surface area contributed by atoms with Crippen molar-refractivity contribution in [3.8, 4) is 0 Å². The number of hydrogen-bond donors (Lipinski definition) is 2. The number of hydrogen-bond acceptors (Lipinski definition) is 4. The monoisotopic (exact) mass is 281 g/mol. The van der Waals surface area contributed by atoms with E-state index in [1.165, 1.54) is 38.2 Å². The summed E-state index contributed by atoms with van der Waals surface area (Å²) in [5.41, 5.74) is -0.0739. The van der Waals surface area contributed by atoms with Crippen LogP contribution < -0.4 is 10.9 Å². The van der Waals surface area contributed by atoms with Gasteiger partial charge in [-0.1, -0.05) is 37.9 Å². The summed E-state index contributed by atoms with van der Waals surface area (Å²) in [7, 11) is 0. The summed E-state index contributed by atoms with van der Waals surface area (Å²) in [5, 5.41) is 4.32. The van der Waals surface area contributed by atoms with Gasteiger partial charge in [-0.05, 0) is 25.3 Å². The zero-order valence-corrected chi connectivity index (χ0v) is 12.3. The summed E-state index contributed by atoms with van der Waals surface area (Å²) >= 11 is 1.65. The number of rotatable bonds is 6. The van der Waals surface area contributed by atoms with Gasteiger partial charge in [-0.3, -0.25) is 4.79 Å². The van der Waals surface area contributed by atoms with Gasteiger partial charge < -0.3 is 10.3 Å². The standard InChI is InChI=1S/C14H23N3OS/c1-2-15-12(11-6-4-3-5-7-11)10-19-14-16-9-8-13(18)17-14/h8-9,11-12,15H,2-7,10H2,1H3,(H,16,17,18). The van der Waals surface area contributed by atoms with Crippen molar-refractivity contribution >= 4 is 11.8 Å². The molecule has 0 saturated heterocycles. The smallest absolute Gasteiger partial charge is 0.251 e. The second-order valence-electron chi connectivity index (χ2n) is 5.11. The van der Waals surface area contributed by atoms with E-state index in [0.717, 1.165) is 23.4 Å². The molecule has 0 amide bonds. The number of nitrogens with one attached hydrogen (secondary N) is 2. The Balaban J connectivity index is 1.90. The molecule has 4 nitrogen and oxygen atoms in total. The molecule has 0 aliphatic heterocycles. The first-order chi connectivity index (χ1) is 9.29. The highest BCUT2D eigenvalue weighted by Crippen LogP contribution is 2.28. The van der Waals surface area contributed by atoms with E-state index >= 15 is 0 Å². The van der Waals surface area contributed by atoms with Crippen molar-refractivity contribution in [2.75, 3.05) is 12.3 Å². The Bertz CT molecular complexity index is 429. The molecule has 5 heteroatoms. The predicted molar refractivity (Wildman–Crippen MR) is 79.6 cm³/mol. The summed E-state index contributed by atoms with van der Waals surface area (Å²) in [6.45, 7) is 3.16. The van der Waals surface area contributed by atoms with Crippen molar-refractivity contribution in [3.05, 3.63) is 22.6 Å². The van der Waals surface area contributed by atoms with Gasteiger partial charge in [-0.15, -0.1) is 0 Å². The van der Waals surface area contributed by atoms with Crippen LogP contribution in [0.4, 0.5) is 0 Å². The molecule has 1 saturated carbocycles. The number of thioether (sulfide) groups is 1. The first-order valence-corrected chi connectivity index (χ1v) is 8.19. The Morgan fingerprint density at radius 3 is 2.95 bits per heavy atom. The molecule has 1 aliphatic rings. The third-order valence-electron chi connectivity index (χ3n) is 3.73. The maximum Gasteiger partial charge on any atom is 0.251 e. The van der Waals surface area contributed by atoms with Crippen molar-refractivity contribution in [1.29, 1.82) is 0 Å². The van der Waals surface area contributed by atoms with E-state index in [4.69, 9.17) is 0 Å². The molecule has 19 heavy (non-hydrogen) atoms. The van der Waals surface area contributed by atoms with Crippen LogP contribution in [0.25, 0.3) is 0 Å². The summed E-state index contributed by atoms with van der Waals surface area (Å²) < 4.78 is 0. The van der Waals surface area contributed by atoms with Gasteiger partial charge in [0.2, 0.25) is 0 Å². The van der Waals surface area contributed by atoms with E-state index < -0.39 is 0 Å². The van der Waals surface area contributed by atoms with Crippen LogP contribution in [0.2, 0.25) is 0 Å². The highest BCUT2D eigenvalue weighted by Gasteiger charge is 2.23. The Morgan fingerprint density at radius 1 is 1.47 bits per heavy atom. The normalized spacial score (nSPS) is 18.4. The maximum atomic E-state index is 11.2. The zero-order chi connectivity index (χ0) is 13.5. The average molecular weight is 281 g/mol. The fourth-order valence-corrected chi connectivity index (χ4v) is 3.79. The van der Waals surface area contributed by atoms with Crippen molar-refractivity contribution in [2.45, 2.75) is 50.2 Å². The zero-order valence-electron chi connectivity index (χ0n) is 11.5. The molecule has 0 spiro atoms. The van der Waals surface area contributed by atoms with E-state index in [0.29, 0.717) is 6.04 Å². The van der Waals surface area contributed by atoms with Crippen LogP contribution in [0.15, 0.2) is 22.2 Å². The fourth-order valence-electron chi connectivity index (χ4n) is 2.75. The number of aromatic nitrogens is 2. The van der Waals surface area contributed by atoms with Crippen LogP contribution in [-0.2, 0) is 0 Å². The molecule has 1 aromatic rings. The fraction of sp³-hybridized carbons (Fsp3) is 0.714. The largest absolute Gasteiger partial charge is 0.313 e. The Labute approximate surface area is 118 Å². The minimum absolute atomic E-state index is 0.0739. The molecular weight excluding hydrogens is 258 g/mol. The topological polar surface area (TPSA) is 57.8 Å². The third-order valence-corrected chi connectivity index (χ3v) is 4.74. The van der Waals surface area contributed by atoms with E-state index in [9.17, 15) is 4.79 Å².